The molecule has 0 saturated carbocycles. The molecule has 0 aliphatic carbocycles. The number of ether oxygens (including phenoxy) is 3. The van der Waals surface area contributed by atoms with E-state index in [1.54, 1.807) is 36.4 Å². The Morgan fingerprint density at radius 2 is 1.93 bits per heavy atom. The summed E-state index contributed by atoms with van der Waals surface area (Å²) in [6.45, 7) is -0.354. The van der Waals surface area contributed by atoms with E-state index in [2.05, 4.69) is 10.6 Å². The number of benzene rings is 2. The van der Waals surface area contributed by atoms with Gasteiger partial charge < -0.3 is 24.8 Å². The van der Waals surface area contributed by atoms with Crippen molar-refractivity contribution in [3.05, 3.63) is 52.7 Å². The summed E-state index contributed by atoms with van der Waals surface area (Å²) in [5.41, 5.74) is 1.02. The zero-order valence-corrected chi connectivity index (χ0v) is 16.5. The highest BCUT2D eigenvalue weighted by molar-refractivity contribution is 6.30. The number of nitrogens with zero attached hydrogens (tertiary/aromatic N) is 1. The summed E-state index contributed by atoms with van der Waals surface area (Å²) < 4.78 is 16.0. The monoisotopic (exact) mass is 429 g/mol. The predicted molar refractivity (Wildman–Crippen MR) is 107 cm³/mol. The van der Waals surface area contributed by atoms with E-state index in [4.69, 9.17) is 25.8 Å². The molecule has 0 bridgehead atoms. The second-order valence-electron chi connectivity index (χ2n) is 6.38. The molecule has 0 atom stereocenters. The van der Waals surface area contributed by atoms with Crippen molar-refractivity contribution < 1.29 is 28.6 Å². The number of fused-ring (bicyclic) bond motifs is 1. The van der Waals surface area contributed by atoms with Crippen LogP contribution in [0.5, 0.6) is 17.2 Å². The molecule has 4 rings (SSSR count). The number of nitrogens with one attached hydrogen (secondary N) is 2. The van der Waals surface area contributed by atoms with Crippen LogP contribution in [0, 0.1) is 0 Å². The zero-order chi connectivity index (χ0) is 21.3. The molecule has 4 amide bonds. The first kappa shape index (κ1) is 19.6. The topological polar surface area (TPSA) is 106 Å². The van der Waals surface area contributed by atoms with Crippen LogP contribution < -0.4 is 24.8 Å². The maximum atomic E-state index is 12.7. The van der Waals surface area contributed by atoms with Crippen molar-refractivity contribution in [3.8, 4) is 17.2 Å². The molecule has 0 aromatic heterocycles. The van der Waals surface area contributed by atoms with Crippen molar-refractivity contribution in [2.24, 2.45) is 0 Å². The zero-order valence-electron chi connectivity index (χ0n) is 15.7. The lowest BCUT2D eigenvalue weighted by Crippen LogP contribution is -2.38. The third kappa shape index (κ3) is 3.87. The quantitative estimate of drug-likeness (QED) is 0.559. The molecular formula is C20H16ClN3O6. The maximum absolute atomic E-state index is 12.7. The van der Waals surface area contributed by atoms with Gasteiger partial charge in [0, 0.05) is 22.3 Å². The van der Waals surface area contributed by atoms with Gasteiger partial charge >= 0.3 is 6.03 Å². The van der Waals surface area contributed by atoms with Crippen molar-refractivity contribution in [2.45, 2.75) is 0 Å². The third-order valence-corrected chi connectivity index (χ3v) is 4.67. The Morgan fingerprint density at radius 3 is 2.63 bits per heavy atom. The number of carbonyl (C=O) groups excluding carboxylic acids is 3. The lowest BCUT2D eigenvalue weighted by atomic mass is 10.1. The highest BCUT2D eigenvalue weighted by atomic mass is 35.5. The Hall–Kier alpha value is -3.72. The van der Waals surface area contributed by atoms with Gasteiger partial charge in [0.25, 0.3) is 5.91 Å². The lowest BCUT2D eigenvalue weighted by molar-refractivity contribution is -0.127. The molecule has 2 heterocycles. The Labute approximate surface area is 176 Å². The molecule has 9 nitrogen and oxygen atoms in total. The Balaban J connectivity index is 1.50. The average Bonchev–Trinajstić information content (AvgIpc) is 3.28. The lowest BCUT2D eigenvalue weighted by Gasteiger charge is -2.12. The number of rotatable bonds is 5. The molecular weight excluding hydrogens is 414 g/mol. The normalized spacial score (nSPS) is 16.1. The van der Waals surface area contributed by atoms with Crippen LogP contribution in [-0.4, -0.2) is 43.2 Å². The molecule has 154 valence electrons. The standard InChI is InChI=1S/C20H16ClN3O6/c1-28-15-8-17-16(29-10-30-17)7-11(15)6-14-19(26)24(20(27)23-14)9-18(25)22-13-4-2-12(21)3-5-13/h2-8H,9-10H2,1H3,(H,22,25)(H,23,27)/b14-6+. The van der Waals surface area contributed by atoms with Gasteiger partial charge in [-0.25, -0.2) is 9.69 Å². The molecule has 0 spiro atoms. The molecule has 1 saturated heterocycles. The molecule has 30 heavy (non-hydrogen) atoms. The summed E-state index contributed by atoms with van der Waals surface area (Å²) in [6.07, 6.45) is 1.46. The summed E-state index contributed by atoms with van der Waals surface area (Å²) in [6, 6.07) is 9.04. The number of carbonyl (C=O) groups is 3. The fraction of sp³-hybridized carbons (Fsp3) is 0.150. The van der Waals surface area contributed by atoms with Gasteiger partial charge in [0.15, 0.2) is 11.5 Å². The van der Waals surface area contributed by atoms with E-state index in [0.717, 1.165) is 4.90 Å². The number of hydrogen-bond acceptors (Lipinski definition) is 6. The van der Waals surface area contributed by atoms with E-state index in [1.165, 1.54) is 13.2 Å². The highest BCUT2D eigenvalue weighted by Gasteiger charge is 2.35. The summed E-state index contributed by atoms with van der Waals surface area (Å²) in [4.78, 5) is 38.0. The molecule has 0 unspecified atom stereocenters. The second kappa shape index (κ2) is 7.96. The van der Waals surface area contributed by atoms with Gasteiger partial charge in [0.1, 0.15) is 18.0 Å². The molecule has 2 aromatic carbocycles. The van der Waals surface area contributed by atoms with Crippen molar-refractivity contribution in [1.82, 2.24) is 10.2 Å². The number of urea groups is 1. The Morgan fingerprint density at radius 1 is 1.23 bits per heavy atom. The van der Waals surface area contributed by atoms with E-state index in [9.17, 15) is 14.4 Å². The van der Waals surface area contributed by atoms with Gasteiger partial charge in [0.2, 0.25) is 12.7 Å². The van der Waals surface area contributed by atoms with E-state index < -0.39 is 24.4 Å². The van der Waals surface area contributed by atoms with Crippen molar-refractivity contribution in [1.29, 1.82) is 0 Å². The molecule has 1 fully saturated rings. The van der Waals surface area contributed by atoms with Gasteiger partial charge in [-0.05, 0) is 36.4 Å². The minimum absolute atomic E-state index is 0.0106. The summed E-state index contributed by atoms with van der Waals surface area (Å²) in [5.74, 6) is 0.302. The Kier molecular flexibility index (Phi) is 5.20. The van der Waals surface area contributed by atoms with Gasteiger partial charge in [-0.15, -0.1) is 0 Å². The molecule has 10 heteroatoms. The van der Waals surface area contributed by atoms with Crippen LogP contribution in [0.4, 0.5) is 10.5 Å². The number of amides is 4. The van der Waals surface area contributed by atoms with Crippen LogP contribution in [-0.2, 0) is 9.59 Å². The van der Waals surface area contributed by atoms with Crippen LogP contribution >= 0.6 is 11.6 Å². The van der Waals surface area contributed by atoms with Crippen LogP contribution in [0.15, 0.2) is 42.1 Å². The minimum Gasteiger partial charge on any atom is -0.496 e. The van der Waals surface area contributed by atoms with Crippen molar-refractivity contribution in [3.63, 3.8) is 0 Å². The van der Waals surface area contributed by atoms with Gasteiger partial charge in [-0.1, -0.05) is 11.6 Å². The first-order valence-corrected chi connectivity index (χ1v) is 9.20. The van der Waals surface area contributed by atoms with Gasteiger partial charge in [0.05, 0.1) is 7.11 Å². The van der Waals surface area contributed by atoms with E-state index >= 15 is 0 Å². The van der Waals surface area contributed by atoms with E-state index in [1.807, 2.05) is 0 Å². The highest BCUT2D eigenvalue weighted by Crippen LogP contribution is 2.39. The Bertz CT molecular complexity index is 1070. The number of anilines is 1. The third-order valence-electron chi connectivity index (χ3n) is 4.42. The fourth-order valence-corrected chi connectivity index (χ4v) is 3.10. The minimum atomic E-state index is -0.697. The van der Waals surface area contributed by atoms with Crippen molar-refractivity contribution >= 4 is 41.2 Å². The fourth-order valence-electron chi connectivity index (χ4n) is 2.98. The molecule has 2 aliphatic heterocycles. The molecule has 2 aromatic rings. The maximum Gasteiger partial charge on any atom is 0.329 e. The van der Waals surface area contributed by atoms with Gasteiger partial charge in [-0.3, -0.25) is 9.59 Å². The second-order valence-corrected chi connectivity index (χ2v) is 6.82. The largest absolute Gasteiger partial charge is 0.496 e. The summed E-state index contributed by atoms with van der Waals surface area (Å²) in [7, 11) is 1.47. The van der Waals surface area contributed by atoms with E-state index in [0.29, 0.717) is 33.5 Å². The first-order chi connectivity index (χ1) is 14.4. The SMILES string of the molecule is COc1cc2c(cc1/C=C1/NC(=O)N(CC(=O)Nc3ccc(Cl)cc3)C1=O)OCO2. The van der Waals surface area contributed by atoms with Crippen LogP contribution in [0.1, 0.15) is 5.56 Å². The molecule has 2 aliphatic rings. The van der Waals surface area contributed by atoms with Crippen LogP contribution in [0.3, 0.4) is 0 Å². The number of imide groups is 1. The average molecular weight is 430 g/mol. The van der Waals surface area contributed by atoms with Gasteiger partial charge in [-0.2, -0.15) is 0 Å². The van der Waals surface area contributed by atoms with E-state index in [-0.39, 0.29) is 12.5 Å². The summed E-state index contributed by atoms with van der Waals surface area (Å²) >= 11 is 5.81. The number of hydrogen-bond donors (Lipinski definition) is 2. The predicted octanol–water partition coefficient (Wildman–Crippen LogP) is 2.61. The molecule has 0 radical (unpaired) electrons. The number of methoxy groups -OCH3 is 1. The molecule has 2 N–H and O–H groups in total. The number of halogens is 1. The summed E-state index contributed by atoms with van der Waals surface area (Å²) in [5, 5.41) is 5.60. The van der Waals surface area contributed by atoms with Crippen molar-refractivity contribution in [2.75, 3.05) is 25.8 Å². The van der Waals surface area contributed by atoms with Crippen LogP contribution in [0.25, 0.3) is 6.08 Å². The first-order valence-electron chi connectivity index (χ1n) is 8.82. The smallest absolute Gasteiger partial charge is 0.329 e. The van der Waals surface area contributed by atoms with Crippen LogP contribution in [0.2, 0.25) is 5.02 Å².